The van der Waals surface area contributed by atoms with Crippen LogP contribution in [0.2, 0.25) is 0 Å². The van der Waals surface area contributed by atoms with Gasteiger partial charge < -0.3 is 9.79 Å². The molecule has 0 aromatic rings. The van der Waals surface area contributed by atoms with Crippen LogP contribution in [0.25, 0.3) is 0 Å². The first kappa shape index (κ1) is 15.9. The smallest absolute Gasteiger partial charge is 0.303 e. The number of hydrogen-bond donors (Lipinski definition) is 2. The SMILES string of the molecule is CCCC(CC)(CC(F)(F)F)OP(=O)(O)O. The van der Waals surface area contributed by atoms with Gasteiger partial charge in [0.25, 0.3) is 0 Å². The van der Waals surface area contributed by atoms with Gasteiger partial charge in [-0.05, 0) is 12.8 Å². The quantitative estimate of drug-likeness (QED) is 0.724. The maximum Gasteiger partial charge on any atom is 0.470 e. The molecule has 8 heteroatoms. The summed E-state index contributed by atoms with van der Waals surface area (Å²) in [5.74, 6) is 0. The highest BCUT2D eigenvalue weighted by Crippen LogP contribution is 2.48. The van der Waals surface area contributed by atoms with E-state index in [-0.39, 0.29) is 12.8 Å². The van der Waals surface area contributed by atoms with Gasteiger partial charge in [-0.15, -0.1) is 0 Å². The molecule has 0 rings (SSSR count). The standard InChI is InChI=1S/C8H16F3O4P/c1-3-5-7(4-2,6-8(9,10)11)15-16(12,13)14/h3-6H2,1-2H3,(H2,12,13,14). The van der Waals surface area contributed by atoms with Crippen LogP contribution in [0.1, 0.15) is 39.5 Å². The van der Waals surface area contributed by atoms with E-state index < -0.39 is 26.0 Å². The molecule has 0 radical (unpaired) electrons. The van der Waals surface area contributed by atoms with Gasteiger partial charge in [0, 0.05) is 0 Å². The van der Waals surface area contributed by atoms with Crippen LogP contribution in [0.4, 0.5) is 13.2 Å². The molecule has 0 spiro atoms. The Bertz CT molecular complexity index is 262. The first-order valence-corrected chi connectivity index (χ1v) is 6.39. The highest BCUT2D eigenvalue weighted by Gasteiger charge is 2.45. The van der Waals surface area contributed by atoms with Crippen LogP contribution in [-0.2, 0) is 9.09 Å². The van der Waals surface area contributed by atoms with Crippen LogP contribution >= 0.6 is 7.82 Å². The van der Waals surface area contributed by atoms with E-state index in [4.69, 9.17) is 9.79 Å². The summed E-state index contributed by atoms with van der Waals surface area (Å²) in [6.07, 6.45) is -5.67. The molecular weight excluding hydrogens is 248 g/mol. The summed E-state index contributed by atoms with van der Waals surface area (Å²) in [5, 5.41) is 0. The van der Waals surface area contributed by atoms with Crippen molar-refractivity contribution in [2.75, 3.05) is 0 Å². The highest BCUT2D eigenvalue weighted by atomic mass is 31.2. The second-order valence-electron chi connectivity index (χ2n) is 3.66. The lowest BCUT2D eigenvalue weighted by Gasteiger charge is -2.33. The van der Waals surface area contributed by atoms with Gasteiger partial charge in [-0.25, -0.2) is 4.57 Å². The number of alkyl halides is 3. The van der Waals surface area contributed by atoms with Gasteiger partial charge in [0.1, 0.15) is 0 Å². The summed E-state index contributed by atoms with van der Waals surface area (Å²) in [4.78, 5) is 17.3. The van der Waals surface area contributed by atoms with E-state index in [1.807, 2.05) is 0 Å². The second kappa shape index (κ2) is 5.49. The Hall–Kier alpha value is -0.100. The third kappa shape index (κ3) is 6.48. The maximum absolute atomic E-state index is 12.3. The Balaban J connectivity index is 4.92. The van der Waals surface area contributed by atoms with Gasteiger partial charge >= 0.3 is 14.0 Å². The fraction of sp³-hybridized carbons (Fsp3) is 1.00. The molecule has 0 aliphatic heterocycles. The van der Waals surface area contributed by atoms with Crippen LogP contribution in [0.3, 0.4) is 0 Å². The van der Waals surface area contributed by atoms with Crippen molar-refractivity contribution < 1.29 is 32.0 Å². The third-order valence-electron chi connectivity index (χ3n) is 2.19. The number of halogens is 3. The van der Waals surface area contributed by atoms with Crippen molar-refractivity contribution in [3.05, 3.63) is 0 Å². The summed E-state index contributed by atoms with van der Waals surface area (Å²) in [6.45, 7) is 3.04. The summed E-state index contributed by atoms with van der Waals surface area (Å²) in [5.41, 5.74) is -1.83. The van der Waals surface area contributed by atoms with E-state index >= 15 is 0 Å². The zero-order valence-corrected chi connectivity index (χ0v) is 10.0. The van der Waals surface area contributed by atoms with Gasteiger partial charge in [-0.3, -0.25) is 4.52 Å². The zero-order chi connectivity index (χ0) is 13.0. The van der Waals surface area contributed by atoms with E-state index in [0.29, 0.717) is 6.42 Å². The average Bonchev–Trinajstić information content (AvgIpc) is 1.98. The largest absolute Gasteiger partial charge is 0.470 e. The molecule has 0 saturated carbocycles. The van der Waals surface area contributed by atoms with Crippen LogP contribution in [0, 0.1) is 0 Å². The van der Waals surface area contributed by atoms with Gasteiger partial charge in [-0.1, -0.05) is 20.3 Å². The molecule has 4 nitrogen and oxygen atoms in total. The van der Waals surface area contributed by atoms with Crippen LogP contribution < -0.4 is 0 Å². The molecule has 0 heterocycles. The second-order valence-corrected chi connectivity index (χ2v) is 4.82. The number of phosphoric ester groups is 1. The molecule has 0 aliphatic carbocycles. The highest BCUT2D eigenvalue weighted by molar-refractivity contribution is 7.46. The number of rotatable bonds is 6. The Labute approximate surface area is 92.0 Å². The van der Waals surface area contributed by atoms with Crippen molar-refractivity contribution >= 4 is 7.82 Å². The minimum atomic E-state index is -4.92. The Morgan fingerprint density at radius 1 is 1.25 bits per heavy atom. The van der Waals surface area contributed by atoms with Crippen molar-refractivity contribution in [2.24, 2.45) is 0 Å². The monoisotopic (exact) mass is 264 g/mol. The molecule has 0 amide bonds. The predicted molar refractivity (Wildman–Crippen MR) is 51.7 cm³/mol. The summed E-state index contributed by atoms with van der Waals surface area (Å²) in [7, 11) is -4.92. The molecule has 1 atom stereocenters. The Morgan fingerprint density at radius 2 is 1.75 bits per heavy atom. The molecule has 0 aromatic heterocycles. The fourth-order valence-electron chi connectivity index (χ4n) is 1.61. The molecule has 0 aromatic carbocycles. The number of phosphoric acid groups is 1. The van der Waals surface area contributed by atoms with Crippen molar-refractivity contribution in [3.63, 3.8) is 0 Å². The summed E-state index contributed by atoms with van der Waals surface area (Å²) in [6, 6.07) is 0. The molecule has 1 unspecified atom stereocenters. The third-order valence-corrected chi connectivity index (χ3v) is 2.81. The van der Waals surface area contributed by atoms with E-state index in [9.17, 15) is 17.7 Å². The van der Waals surface area contributed by atoms with Gasteiger partial charge in [-0.2, -0.15) is 13.2 Å². The molecule has 2 N–H and O–H groups in total. The zero-order valence-electron chi connectivity index (χ0n) is 9.12. The van der Waals surface area contributed by atoms with Crippen LogP contribution in [-0.4, -0.2) is 21.6 Å². The van der Waals surface area contributed by atoms with Crippen LogP contribution in [0.5, 0.6) is 0 Å². The van der Waals surface area contributed by atoms with E-state index in [0.717, 1.165) is 0 Å². The molecule has 16 heavy (non-hydrogen) atoms. The lowest BCUT2D eigenvalue weighted by molar-refractivity contribution is -0.174. The molecule has 0 aliphatic rings. The lowest BCUT2D eigenvalue weighted by Crippen LogP contribution is -2.36. The average molecular weight is 264 g/mol. The first-order chi connectivity index (χ1) is 7.04. The molecule has 0 bridgehead atoms. The predicted octanol–water partition coefficient (Wildman–Crippen LogP) is 3.00. The maximum atomic E-state index is 12.3. The Kier molecular flexibility index (Phi) is 5.46. The van der Waals surface area contributed by atoms with E-state index in [2.05, 4.69) is 4.52 Å². The van der Waals surface area contributed by atoms with Crippen LogP contribution in [0.15, 0.2) is 0 Å². The van der Waals surface area contributed by atoms with Gasteiger partial charge in [0.05, 0.1) is 12.0 Å². The van der Waals surface area contributed by atoms with Crippen molar-refractivity contribution in [3.8, 4) is 0 Å². The van der Waals surface area contributed by atoms with E-state index in [1.54, 1.807) is 6.92 Å². The summed E-state index contributed by atoms with van der Waals surface area (Å²) < 4.78 is 51.9. The minimum absolute atomic E-state index is 0.0475. The van der Waals surface area contributed by atoms with Gasteiger partial charge in [0.2, 0.25) is 0 Å². The lowest BCUT2D eigenvalue weighted by atomic mass is 9.91. The molecule has 0 fully saturated rings. The normalized spacial score (nSPS) is 17.2. The van der Waals surface area contributed by atoms with Crippen molar-refractivity contribution in [2.45, 2.75) is 51.3 Å². The Morgan fingerprint density at radius 3 is 2.00 bits per heavy atom. The molecule has 98 valence electrons. The summed E-state index contributed by atoms with van der Waals surface area (Å²) >= 11 is 0. The number of hydrogen-bond acceptors (Lipinski definition) is 2. The van der Waals surface area contributed by atoms with Gasteiger partial charge in [0.15, 0.2) is 0 Å². The molecular formula is C8H16F3O4P. The fourth-order valence-corrected chi connectivity index (χ4v) is 2.40. The topological polar surface area (TPSA) is 66.8 Å². The van der Waals surface area contributed by atoms with Crippen molar-refractivity contribution in [1.29, 1.82) is 0 Å². The minimum Gasteiger partial charge on any atom is -0.303 e. The first-order valence-electron chi connectivity index (χ1n) is 4.86. The molecule has 0 saturated heterocycles. The van der Waals surface area contributed by atoms with Crippen molar-refractivity contribution in [1.82, 2.24) is 0 Å². The van der Waals surface area contributed by atoms with E-state index in [1.165, 1.54) is 6.92 Å².